The van der Waals surface area contributed by atoms with Crippen LogP contribution in [0.1, 0.15) is 42.2 Å². The minimum absolute atomic E-state index is 0.204. The minimum Gasteiger partial charge on any atom is -0.465 e. The number of carbonyl (C=O) groups is 3. The molecule has 6 heteroatoms. The lowest BCUT2D eigenvalue weighted by Crippen LogP contribution is -2.30. The summed E-state index contributed by atoms with van der Waals surface area (Å²) in [6.45, 7) is 2.42. The Kier molecular flexibility index (Phi) is 5.54. The second-order valence-corrected chi connectivity index (χ2v) is 7.41. The molecule has 31 heavy (non-hydrogen) atoms. The molecule has 6 nitrogen and oxygen atoms in total. The molecule has 0 aliphatic carbocycles. The van der Waals surface area contributed by atoms with Gasteiger partial charge < -0.3 is 15.0 Å². The number of anilines is 2. The van der Waals surface area contributed by atoms with E-state index in [1.807, 2.05) is 19.1 Å². The van der Waals surface area contributed by atoms with Crippen LogP contribution < -0.4 is 10.2 Å². The van der Waals surface area contributed by atoms with Crippen LogP contribution in [0.25, 0.3) is 0 Å². The van der Waals surface area contributed by atoms with E-state index in [-0.39, 0.29) is 11.8 Å². The molecule has 0 spiro atoms. The predicted octanol–water partition coefficient (Wildman–Crippen LogP) is 4.24. The third-order valence-corrected chi connectivity index (χ3v) is 5.33. The number of hydrogen-bond donors (Lipinski definition) is 1. The van der Waals surface area contributed by atoms with Crippen molar-refractivity contribution in [2.24, 2.45) is 0 Å². The predicted molar refractivity (Wildman–Crippen MR) is 119 cm³/mol. The van der Waals surface area contributed by atoms with E-state index >= 15 is 0 Å². The molecule has 0 unspecified atom stereocenters. The van der Waals surface area contributed by atoms with E-state index in [1.54, 1.807) is 59.5 Å². The molecule has 0 aromatic heterocycles. The van der Waals surface area contributed by atoms with Gasteiger partial charge in [-0.05, 0) is 61.4 Å². The highest BCUT2D eigenvalue weighted by molar-refractivity contribution is 6.14. The third kappa shape index (κ3) is 4.05. The molecule has 0 radical (unpaired) electrons. The number of nitrogens with one attached hydrogen (secondary N) is 1. The number of para-hydroxylation sites is 1. The Morgan fingerprint density at radius 1 is 0.935 bits per heavy atom. The molecule has 1 aliphatic heterocycles. The Bertz CT molecular complexity index is 1190. The van der Waals surface area contributed by atoms with Crippen LogP contribution in [0.3, 0.4) is 0 Å². The second-order valence-electron chi connectivity index (χ2n) is 7.41. The molecule has 0 bridgehead atoms. The number of carbonyl (C=O) groups excluding carboxylic acids is 3. The van der Waals surface area contributed by atoms with Gasteiger partial charge in [0.25, 0.3) is 11.8 Å². The maximum absolute atomic E-state index is 13.4. The normalized spacial score (nSPS) is 12.3. The van der Waals surface area contributed by atoms with Gasteiger partial charge in [0, 0.05) is 17.8 Å². The van der Waals surface area contributed by atoms with Crippen molar-refractivity contribution in [3.05, 3.63) is 94.5 Å². The average Bonchev–Trinajstić information content (AvgIpc) is 3.21. The molecule has 0 saturated heterocycles. The number of benzene rings is 3. The van der Waals surface area contributed by atoms with Gasteiger partial charge in [0.15, 0.2) is 0 Å². The summed E-state index contributed by atoms with van der Waals surface area (Å²) in [6.07, 6.45) is 0.643. The summed E-state index contributed by atoms with van der Waals surface area (Å²) in [5.41, 5.74) is 4.52. The van der Waals surface area contributed by atoms with Crippen molar-refractivity contribution in [1.29, 1.82) is 0 Å². The second kappa shape index (κ2) is 8.44. The fourth-order valence-corrected chi connectivity index (χ4v) is 3.76. The van der Waals surface area contributed by atoms with Crippen LogP contribution in [0.4, 0.5) is 11.4 Å². The van der Waals surface area contributed by atoms with Gasteiger partial charge in [-0.25, -0.2) is 4.79 Å². The van der Waals surface area contributed by atoms with E-state index in [0.29, 0.717) is 35.3 Å². The van der Waals surface area contributed by atoms with E-state index in [9.17, 15) is 14.4 Å². The van der Waals surface area contributed by atoms with Gasteiger partial charge in [-0.2, -0.15) is 0 Å². The number of esters is 1. The van der Waals surface area contributed by atoms with Crippen molar-refractivity contribution < 1.29 is 19.1 Å². The number of aryl methyl sites for hydroxylation is 1. The first kappa shape index (κ1) is 20.3. The largest absolute Gasteiger partial charge is 0.465 e. The van der Waals surface area contributed by atoms with Crippen molar-refractivity contribution in [3.8, 4) is 0 Å². The first-order valence-electron chi connectivity index (χ1n) is 9.98. The molecule has 156 valence electrons. The SMILES string of the molecule is COC(=O)c1ccc2c(c1)CCN2C(=O)c1ccccc1NC(=O)c1cccc(C)c1. The van der Waals surface area contributed by atoms with Gasteiger partial charge >= 0.3 is 5.97 Å². The monoisotopic (exact) mass is 414 g/mol. The van der Waals surface area contributed by atoms with Gasteiger partial charge in [0.1, 0.15) is 0 Å². The van der Waals surface area contributed by atoms with Crippen LogP contribution in [0, 0.1) is 6.92 Å². The van der Waals surface area contributed by atoms with Gasteiger partial charge in [-0.15, -0.1) is 0 Å². The lowest BCUT2D eigenvalue weighted by atomic mass is 10.1. The number of hydrogen-bond acceptors (Lipinski definition) is 4. The van der Waals surface area contributed by atoms with E-state index in [4.69, 9.17) is 4.74 Å². The summed E-state index contributed by atoms with van der Waals surface area (Å²) in [5, 5.41) is 2.87. The molecule has 0 saturated carbocycles. The number of nitrogens with zero attached hydrogens (tertiary/aromatic N) is 1. The Hall–Kier alpha value is -3.93. The summed E-state index contributed by atoms with van der Waals surface area (Å²) in [7, 11) is 1.34. The Labute approximate surface area is 180 Å². The lowest BCUT2D eigenvalue weighted by molar-refractivity contribution is 0.0600. The Balaban J connectivity index is 1.60. The third-order valence-electron chi connectivity index (χ3n) is 5.33. The Morgan fingerprint density at radius 2 is 1.74 bits per heavy atom. The summed E-state index contributed by atoms with van der Waals surface area (Å²) >= 11 is 0. The maximum Gasteiger partial charge on any atom is 0.337 e. The highest BCUT2D eigenvalue weighted by atomic mass is 16.5. The van der Waals surface area contributed by atoms with E-state index in [0.717, 1.165) is 16.8 Å². The van der Waals surface area contributed by atoms with Crippen LogP contribution in [0.15, 0.2) is 66.7 Å². The van der Waals surface area contributed by atoms with Crippen molar-refractivity contribution in [2.75, 3.05) is 23.9 Å². The molecule has 0 atom stereocenters. The summed E-state index contributed by atoms with van der Waals surface area (Å²) in [5.74, 6) is -0.880. The minimum atomic E-state index is -0.406. The molecular weight excluding hydrogens is 392 g/mol. The summed E-state index contributed by atoms with van der Waals surface area (Å²) in [6, 6.07) is 19.4. The first-order valence-corrected chi connectivity index (χ1v) is 9.98. The summed E-state index contributed by atoms with van der Waals surface area (Å²) < 4.78 is 4.78. The number of methoxy groups -OCH3 is 1. The molecule has 0 fully saturated rings. The molecular formula is C25H22N2O4. The van der Waals surface area contributed by atoms with E-state index in [1.165, 1.54) is 7.11 Å². The molecule has 3 aromatic rings. The molecule has 4 rings (SSSR count). The van der Waals surface area contributed by atoms with Crippen molar-refractivity contribution in [1.82, 2.24) is 0 Å². The van der Waals surface area contributed by atoms with Crippen LogP contribution in [-0.2, 0) is 11.2 Å². The highest BCUT2D eigenvalue weighted by Gasteiger charge is 2.28. The molecule has 2 amide bonds. The maximum atomic E-state index is 13.4. The standard InChI is InChI=1S/C25H22N2O4/c1-16-6-5-7-18(14-16)23(28)26-21-9-4-3-8-20(21)24(29)27-13-12-17-15-19(25(30)31-2)10-11-22(17)27/h3-11,14-15H,12-13H2,1-2H3,(H,26,28). The topological polar surface area (TPSA) is 75.7 Å². The zero-order chi connectivity index (χ0) is 22.0. The molecule has 1 aliphatic rings. The molecule has 3 aromatic carbocycles. The van der Waals surface area contributed by atoms with Gasteiger partial charge in [0.05, 0.1) is 23.9 Å². The van der Waals surface area contributed by atoms with Crippen LogP contribution >= 0.6 is 0 Å². The molecule has 1 heterocycles. The fourth-order valence-electron chi connectivity index (χ4n) is 3.76. The number of amides is 2. The zero-order valence-corrected chi connectivity index (χ0v) is 17.3. The number of fused-ring (bicyclic) bond motifs is 1. The molecule has 1 N–H and O–H groups in total. The lowest BCUT2D eigenvalue weighted by Gasteiger charge is -2.20. The van der Waals surface area contributed by atoms with Crippen LogP contribution in [-0.4, -0.2) is 31.4 Å². The quantitative estimate of drug-likeness (QED) is 0.648. The average molecular weight is 414 g/mol. The van der Waals surface area contributed by atoms with Gasteiger partial charge in [-0.1, -0.05) is 29.8 Å². The zero-order valence-electron chi connectivity index (χ0n) is 17.3. The van der Waals surface area contributed by atoms with Gasteiger partial charge in [-0.3, -0.25) is 9.59 Å². The number of ether oxygens (including phenoxy) is 1. The summed E-state index contributed by atoms with van der Waals surface area (Å²) in [4.78, 5) is 39.5. The van der Waals surface area contributed by atoms with Crippen molar-refractivity contribution >= 4 is 29.2 Å². The number of rotatable bonds is 4. The first-order chi connectivity index (χ1) is 15.0. The smallest absolute Gasteiger partial charge is 0.337 e. The fraction of sp³-hybridized carbons (Fsp3) is 0.160. The van der Waals surface area contributed by atoms with Crippen molar-refractivity contribution in [3.63, 3.8) is 0 Å². The van der Waals surface area contributed by atoms with Gasteiger partial charge in [0.2, 0.25) is 0 Å². The van der Waals surface area contributed by atoms with Crippen LogP contribution in [0.5, 0.6) is 0 Å². The van der Waals surface area contributed by atoms with Crippen molar-refractivity contribution in [2.45, 2.75) is 13.3 Å². The van der Waals surface area contributed by atoms with E-state index < -0.39 is 5.97 Å². The Morgan fingerprint density at radius 3 is 2.52 bits per heavy atom. The van der Waals surface area contributed by atoms with Crippen LogP contribution in [0.2, 0.25) is 0 Å². The highest BCUT2D eigenvalue weighted by Crippen LogP contribution is 2.31. The van der Waals surface area contributed by atoms with E-state index in [2.05, 4.69) is 5.32 Å².